The van der Waals surface area contributed by atoms with Gasteiger partial charge in [0.15, 0.2) is 5.13 Å². The van der Waals surface area contributed by atoms with Crippen LogP contribution in [-0.4, -0.2) is 47.2 Å². The SMILES string of the molecule is COc1cc(C(=O)N(Cc2ccccn2)c2nc3c(OC)ccc(Cl)c3s2)nc(OC)n1. The van der Waals surface area contributed by atoms with Crippen LogP contribution in [0.4, 0.5) is 5.13 Å². The number of benzene rings is 1. The first-order valence-corrected chi connectivity index (χ1v) is 10.6. The van der Waals surface area contributed by atoms with Gasteiger partial charge in [0, 0.05) is 12.3 Å². The highest BCUT2D eigenvalue weighted by atomic mass is 35.5. The van der Waals surface area contributed by atoms with Crippen molar-refractivity contribution in [3.8, 4) is 17.6 Å². The van der Waals surface area contributed by atoms with E-state index in [1.54, 1.807) is 31.5 Å². The van der Waals surface area contributed by atoms with E-state index in [9.17, 15) is 4.79 Å². The topological polar surface area (TPSA) is 99.6 Å². The van der Waals surface area contributed by atoms with Crippen molar-refractivity contribution in [1.29, 1.82) is 0 Å². The minimum absolute atomic E-state index is 0.0134. The van der Waals surface area contributed by atoms with Crippen molar-refractivity contribution >= 4 is 44.2 Å². The number of rotatable bonds is 7. The molecule has 0 aliphatic heterocycles. The summed E-state index contributed by atoms with van der Waals surface area (Å²) in [5, 5.41) is 0.929. The molecule has 3 aromatic heterocycles. The molecule has 3 heterocycles. The molecule has 0 fully saturated rings. The lowest BCUT2D eigenvalue weighted by atomic mass is 10.3. The summed E-state index contributed by atoms with van der Waals surface area (Å²) in [6.45, 7) is 0.161. The summed E-state index contributed by atoms with van der Waals surface area (Å²) in [7, 11) is 4.41. The second-order valence-electron chi connectivity index (χ2n) is 6.42. The van der Waals surface area contributed by atoms with E-state index >= 15 is 0 Å². The Balaban J connectivity index is 1.84. The monoisotopic (exact) mass is 471 g/mol. The molecule has 164 valence electrons. The number of carbonyl (C=O) groups is 1. The lowest BCUT2D eigenvalue weighted by Crippen LogP contribution is -2.31. The average molecular weight is 472 g/mol. The fourth-order valence-corrected chi connectivity index (χ4v) is 4.20. The number of aromatic nitrogens is 4. The van der Waals surface area contributed by atoms with Crippen LogP contribution < -0.4 is 19.1 Å². The first-order valence-electron chi connectivity index (χ1n) is 9.36. The first-order chi connectivity index (χ1) is 15.5. The predicted octanol–water partition coefficient (Wildman–Crippen LogP) is 4.01. The molecule has 4 rings (SSSR count). The van der Waals surface area contributed by atoms with Gasteiger partial charge in [-0.1, -0.05) is 29.0 Å². The van der Waals surface area contributed by atoms with Crippen LogP contribution >= 0.6 is 22.9 Å². The van der Waals surface area contributed by atoms with Gasteiger partial charge in [0.25, 0.3) is 5.91 Å². The van der Waals surface area contributed by atoms with E-state index in [4.69, 9.17) is 25.8 Å². The van der Waals surface area contributed by atoms with Crippen molar-refractivity contribution in [2.45, 2.75) is 6.54 Å². The van der Waals surface area contributed by atoms with E-state index in [1.165, 1.54) is 36.5 Å². The Kier molecular flexibility index (Phi) is 6.33. The number of methoxy groups -OCH3 is 3. The van der Waals surface area contributed by atoms with Crippen LogP contribution in [0.2, 0.25) is 5.02 Å². The number of amides is 1. The van der Waals surface area contributed by atoms with Gasteiger partial charge >= 0.3 is 6.01 Å². The molecule has 0 unspecified atom stereocenters. The van der Waals surface area contributed by atoms with Crippen LogP contribution in [0.3, 0.4) is 0 Å². The molecular formula is C21H18ClN5O4S. The summed E-state index contributed by atoms with van der Waals surface area (Å²) in [4.78, 5) is 32.3. The Morgan fingerprint density at radius 1 is 1.06 bits per heavy atom. The number of pyridine rings is 1. The summed E-state index contributed by atoms with van der Waals surface area (Å²) in [5.41, 5.74) is 1.32. The fourth-order valence-electron chi connectivity index (χ4n) is 2.95. The molecule has 1 amide bonds. The Bertz CT molecular complexity index is 1250. The van der Waals surface area contributed by atoms with Gasteiger partial charge in [-0.3, -0.25) is 14.7 Å². The maximum absolute atomic E-state index is 13.6. The quantitative estimate of drug-likeness (QED) is 0.398. The third-order valence-electron chi connectivity index (χ3n) is 4.48. The van der Waals surface area contributed by atoms with E-state index in [0.717, 1.165) is 0 Å². The second-order valence-corrected chi connectivity index (χ2v) is 7.80. The highest BCUT2D eigenvalue weighted by Crippen LogP contribution is 2.39. The zero-order valence-electron chi connectivity index (χ0n) is 17.4. The molecule has 0 aliphatic carbocycles. The first kappa shape index (κ1) is 21.7. The molecular weight excluding hydrogens is 454 g/mol. The normalized spacial score (nSPS) is 10.8. The van der Waals surface area contributed by atoms with Gasteiger partial charge in [0.05, 0.1) is 43.3 Å². The molecule has 0 bridgehead atoms. The second kappa shape index (κ2) is 9.33. The van der Waals surface area contributed by atoms with Crippen LogP contribution in [0, 0.1) is 0 Å². The molecule has 0 saturated carbocycles. The number of halogens is 1. The van der Waals surface area contributed by atoms with Gasteiger partial charge in [-0.25, -0.2) is 4.98 Å². The zero-order chi connectivity index (χ0) is 22.7. The Labute approximate surface area is 192 Å². The summed E-state index contributed by atoms with van der Waals surface area (Å²) in [5.74, 6) is 0.332. The van der Waals surface area contributed by atoms with E-state index in [-0.39, 0.29) is 24.1 Å². The van der Waals surface area contributed by atoms with Crippen molar-refractivity contribution in [3.63, 3.8) is 0 Å². The van der Waals surface area contributed by atoms with Crippen LogP contribution in [0.25, 0.3) is 10.2 Å². The van der Waals surface area contributed by atoms with Gasteiger partial charge in [0.2, 0.25) is 5.88 Å². The van der Waals surface area contributed by atoms with Gasteiger partial charge in [-0.05, 0) is 24.3 Å². The van der Waals surface area contributed by atoms with E-state index in [0.29, 0.717) is 31.8 Å². The molecule has 0 N–H and O–H groups in total. The molecule has 0 spiro atoms. The molecule has 1 aromatic carbocycles. The highest BCUT2D eigenvalue weighted by molar-refractivity contribution is 7.23. The molecule has 11 heteroatoms. The lowest BCUT2D eigenvalue weighted by molar-refractivity contribution is 0.0978. The van der Waals surface area contributed by atoms with Crippen LogP contribution in [0.15, 0.2) is 42.6 Å². The third kappa shape index (κ3) is 4.27. The largest absolute Gasteiger partial charge is 0.494 e. The van der Waals surface area contributed by atoms with Crippen LogP contribution in [0.1, 0.15) is 16.2 Å². The lowest BCUT2D eigenvalue weighted by Gasteiger charge is -2.19. The van der Waals surface area contributed by atoms with Crippen molar-refractivity contribution in [1.82, 2.24) is 19.9 Å². The van der Waals surface area contributed by atoms with Crippen LogP contribution in [-0.2, 0) is 6.54 Å². The summed E-state index contributed by atoms with van der Waals surface area (Å²) >= 11 is 7.66. The van der Waals surface area contributed by atoms with Gasteiger partial charge in [0.1, 0.15) is 17.0 Å². The minimum atomic E-state index is -0.427. The summed E-state index contributed by atoms with van der Waals surface area (Å²) in [6.07, 6.45) is 1.66. The zero-order valence-corrected chi connectivity index (χ0v) is 19.0. The van der Waals surface area contributed by atoms with E-state index in [1.807, 2.05) is 12.1 Å². The third-order valence-corrected chi connectivity index (χ3v) is 6.02. The Hall–Kier alpha value is -3.50. The van der Waals surface area contributed by atoms with Crippen molar-refractivity contribution in [3.05, 3.63) is 59.0 Å². The van der Waals surface area contributed by atoms with E-state index in [2.05, 4.69) is 19.9 Å². The molecule has 32 heavy (non-hydrogen) atoms. The van der Waals surface area contributed by atoms with Gasteiger partial charge in [-0.2, -0.15) is 9.97 Å². The standard InChI is InChI=1S/C21H18ClN5O4S/c1-29-15-8-7-13(22)18-17(15)26-21(32-18)27(11-12-6-4-5-9-23-12)19(28)14-10-16(30-2)25-20(24-14)31-3/h4-10H,11H2,1-3H3. The molecule has 4 aromatic rings. The fraction of sp³-hybridized carbons (Fsp3) is 0.190. The summed E-state index contributed by atoms with van der Waals surface area (Å²) in [6, 6.07) is 10.4. The number of thiazole rings is 1. The molecule has 9 nitrogen and oxygen atoms in total. The molecule has 0 saturated heterocycles. The number of anilines is 1. The Morgan fingerprint density at radius 3 is 2.59 bits per heavy atom. The van der Waals surface area contributed by atoms with E-state index < -0.39 is 5.91 Å². The van der Waals surface area contributed by atoms with Gasteiger partial charge < -0.3 is 14.2 Å². The molecule has 0 radical (unpaired) electrons. The number of fused-ring (bicyclic) bond motifs is 1. The number of ether oxygens (including phenoxy) is 3. The minimum Gasteiger partial charge on any atom is -0.494 e. The predicted molar refractivity (Wildman–Crippen MR) is 121 cm³/mol. The maximum Gasteiger partial charge on any atom is 0.320 e. The summed E-state index contributed by atoms with van der Waals surface area (Å²) < 4.78 is 16.4. The maximum atomic E-state index is 13.6. The molecule has 0 aliphatic rings. The van der Waals surface area contributed by atoms with Crippen molar-refractivity contribution in [2.24, 2.45) is 0 Å². The smallest absolute Gasteiger partial charge is 0.320 e. The van der Waals surface area contributed by atoms with Gasteiger partial charge in [-0.15, -0.1) is 0 Å². The van der Waals surface area contributed by atoms with Crippen molar-refractivity contribution in [2.75, 3.05) is 26.2 Å². The number of hydrogen-bond acceptors (Lipinski definition) is 9. The molecule has 0 atom stereocenters. The van der Waals surface area contributed by atoms with Crippen molar-refractivity contribution < 1.29 is 19.0 Å². The number of hydrogen-bond donors (Lipinski definition) is 0. The van der Waals surface area contributed by atoms with Crippen LogP contribution in [0.5, 0.6) is 17.6 Å². The highest BCUT2D eigenvalue weighted by Gasteiger charge is 2.26. The number of nitrogens with zero attached hydrogens (tertiary/aromatic N) is 5. The Morgan fingerprint density at radius 2 is 1.91 bits per heavy atom. The number of carbonyl (C=O) groups excluding carboxylic acids is 1. The average Bonchev–Trinajstić information content (AvgIpc) is 3.29.